The highest BCUT2D eigenvalue weighted by Crippen LogP contribution is 2.60. The molecule has 0 amide bonds. The number of hydrogen-bond donors (Lipinski definition) is 12. The molecule has 2 unspecified atom stereocenters. The number of allylic oxidation sites excluding steroid dienone is 5. The van der Waals surface area contributed by atoms with Crippen LogP contribution < -0.4 is 0 Å². The minimum Gasteiger partial charge on any atom is -0.504 e. The van der Waals surface area contributed by atoms with Gasteiger partial charge in [0.1, 0.15) is 0 Å². The van der Waals surface area contributed by atoms with Gasteiger partial charge < -0.3 is 61.3 Å². The first kappa shape index (κ1) is 57.7. The molecular formula is C77H60O12. The van der Waals surface area contributed by atoms with E-state index in [0.29, 0.717) is 16.7 Å². The highest BCUT2D eigenvalue weighted by Gasteiger charge is 2.39. The fraction of sp³-hybridized carbons (Fsp3) is 0.0649. The molecule has 8 bridgehead atoms. The molecule has 0 aliphatic heterocycles. The van der Waals surface area contributed by atoms with E-state index >= 15 is 0 Å². The van der Waals surface area contributed by atoms with Gasteiger partial charge >= 0.3 is 0 Å². The summed E-state index contributed by atoms with van der Waals surface area (Å²) in [5.41, 5.74) is 5.87. The molecule has 440 valence electrons. The van der Waals surface area contributed by atoms with E-state index in [1.807, 2.05) is 134 Å². The van der Waals surface area contributed by atoms with E-state index in [-0.39, 0.29) is 50.1 Å². The van der Waals surface area contributed by atoms with Crippen LogP contribution in [0.5, 0.6) is 69.0 Å². The second-order valence-corrected chi connectivity index (χ2v) is 22.1. The molecule has 89 heavy (non-hydrogen) atoms. The molecule has 0 spiro atoms. The Morgan fingerprint density at radius 3 is 0.787 bits per heavy atom. The summed E-state index contributed by atoms with van der Waals surface area (Å²) in [4.78, 5) is 0. The molecule has 0 heterocycles. The number of rotatable bonds is 10. The van der Waals surface area contributed by atoms with Crippen molar-refractivity contribution in [1.82, 2.24) is 0 Å². The molecule has 0 fully saturated rings. The molecule has 0 saturated carbocycles. The van der Waals surface area contributed by atoms with Crippen LogP contribution in [0.15, 0.2) is 249 Å². The third kappa shape index (κ3) is 10.4. The van der Waals surface area contributed by atoms with Crippen LogP contribution in [-0.4, -0.2) is 61.3 Å². The van der Waals surface area contributed by atoms with Gasteiger partial charge in [-0.15, -0.1) is 0 Å². The van der Waals surface area contributed by atoms with Crippen molar-refractivity contribution < 1.29 is 61.3 Å². The molecule has 2 atom stereocenters. The van der Waals surface area contributed by atoms with Crippen LogP contribution in [-0.2, 0) is 0 Å². The Morgan fingerprint density at radius 2 is 0.517 bits per heavy atom. The topological polar surface area (TPSA) is 243 Å². The van der Waals surface area contributed by atoms with E-state index in [4.69, 9.17) is 0 Å². The number of phenols is 12. The molecule has 11 aromatic carbocycles. The molecule has 12 nitrogen and oxygen atoms in total. The van der Waals surface area contributed by atoms with Crippen LogP contribution in [0.25, 0.3) is 39.0 Å². The largest absolute Gasteiger partial charge is 0.504 e. The van der Waals surface area contributed by atoms with E-state index in [1.54, 1.807) is 84.9 Å². The lowest BCUT2D eigenvalue weighted by Crippen LogP contribution is -2.13. The third-order valence-electron chi connectivity index (χ3n) is 17.0. The molecule has 12 rings (SSSR count). The predicted molar refractivity (Wildman–Crippen MR) is 344 cm³/mol. The molecule has 12 N–H and O–H groups in total. The standard InChI is InChI=1S/C77H60O12/c1-3-43(44-16-8-4-9-17-44)25-24-42(2)62-54-38-56(68(80)74(86)66(54)78)63(51-32-26-48(27-33-51)45-18-10-5-11-19-45)58-40-60(72(84)76(88)70(58)82)65(53-36-30-50(31-37-53)47-22-14-7-15-23-47)61-41-59(71(83)77(89)73(61)85)64(57-39-55(62)67(79)75(87)69(57)81)52-34-28-49(29-35-52)46-20-12-6-13-21-46/h3-41,62-65,78-89H,2H2,1H3/b25-24-,43-3+. The summed E-state index contributed by atoms with van der Waals surface area (Å²) in [6.07, 6.45) is 5.20. The van der Waals surface area contributed by atoms with Crippen LogP contribution in [0.2, 0.25) is 0 Å². The highest BCUT2D eigenvalue weighted by molar-refractivity contribution is 5.78. The van der Waals surface area contributed by atoms with Crippen molar-refractivity contribution in [3.63, 3.8) is 0 Å². The van der Waals surface area contributed by atoms with E-state index in [1.165, 1.54) is 24.3 Å². The average Bonchev–Trinajstić information content (AvgIpc) is 0.851. The minimum absolute atomic E-state index is 0.104. The van der Waals surface area contributed by atoms with Gasteiger partial charge in [-0.25, -0.2) is 0 Å². The summed E-state index contributed by atoms with van der Waals surface area (Å²) in [6.45, 7) is 6.31. The van der Waals surface area contributed by atoms with Crippen molar-refractivity contribution in [3.8, 4) is 102 Å². The maximum absolute atomic E-state index is 12.5. The normalized spacial score (nSPS) is 15.6. The highest BCUT2D eigenvalue weighted by atomic mass is 16.3. The summed E-state index contributed by atoms with van der Waals surface area (Å²) in [6, 6.07) is 64.2. The zero-order valence-electron chi connectivity index (χ0n) is 47.9. The molecular weight excluding hydrogens is 1120 g/mol. The summed E-state index contributed by atoms with van der Waals surface area (Å²) < 4.78 is 0. The van der Waals surface area contributed by atoms with Gasteiger partial charge in [-0.3, -0.25) is 0 Å². The van der Waals surface area contributed by atoms with Gasteiger partial charge in [-0.05, 0) is 98.0 Å². The van der Waals surface area contributed by atoms with Crippen molar-refractivity contribution in [2.45, 2.75) is 30.6 Å². The van der Waals surface area contributed by atoms with Crippen LogP contribution in [0.3, 0.4) is 0 Å². The summed E-state index contributed by atoms with van der Waals surface area (Å²) in [7, 11) is 0. The predicted octanol–water partition coefficient (Wildman–Crippen LogP) is 16.4. The SMILES string of the molecule is C=C(/C=C\C(=C/C)c1ccccc1)C1c2cc(c(O)c(O)c2O)C(c2ccc(-c3ccccc3)cc2)c2cc(c(O)c(O)c2O)C(c2ccc(-c3ccccc3)cc2)c2cc(c(O)c(O)c2O)C(c2ccc(-c3ccccc3)cc2)c2cc1c(O)c(O)c2O. The second kappa shape index (κ2) is 23.6. The Labute approximate surface area is 512 Å². The third-order valence-corrected chi connectivity index (χ3v) is 17.0. The number of aromatic hydroxyl groups is 12. The van der Waals surface area contributed by atoms with E-state index in [0.717, 1.165) is 44.5 Å². The lowest BCUT2D eigenvalue weighted by atomic mass is 9.74. The monoisotopic (exact) mass is 1180 g/mol. The Kier molecular flexibility index (Phi) is 15.3. The summed E-state index contributed by atoms with van der Waals surface area (Å²) in [5.74, 6) is -17.1. The molecule has 0 radical (unpaired) electrons. The first-order chi connectivity index (χ1) is 43.0. The maximum Gasteiger partial charge on any atom is 0.200 e. The smallest absolute Gasteiger partial charge is 0.200 e. The van der Waals surface area contributed by atoms with Gasteiger partial charge in [0.15, 0.2) is 46.0 Å². The van der Waals surface area contributed by atoms with Crippen molar-refractivity contribution >= 4 is 5.57 Å². The van der Waals surface area contributed by atoms with Gasteiger partial charge in [0.25, 0.3) is 0 Å². The molecule has 1 aliphatic carbocycles. The fourth-order valence-corrected chi connectivity index (χ4v) is 12.4. The maximum atomic E-state index is 12.5. The van der Waals surface area contributed by atoms with Crippen molar-refractivity contribution in [3.05, 3.63) is 316 Å². The van der Waals surface area contributed by atoms with E-state index < -0.39 is 92.7 Å². The Bertz CT molecular complexity index is 4350. The average molecular weight is 1180 g/mol. The van der Waals surface area contributed by atoms with Gasteiger partial charge in [0.2, 0.25) is 23.0 Å². The van der Waals surface area contributed by atoms with Gasteiger partial charge in [-0.2, -0.15) is 0 Å². The first-order valence-electron chi connectivity index (χ1n) is 28.7. The van der Waals surface area contributed by atoms with Crippen LogP contribution in [0.1, 0.15) is 97.4 Å². The van der Waals surface area contributed by atoms with Crippen molar-refractivity contribution in [1.29, 1.82) is 0 Å². The summed E-state index contributed by atoms with van der Waals surface area (Å²) in [5, 5.41) is 149. The van der Waals surface area contributed by atoms with Crippen molar-refractivity contribution in [2.24, 2.45) is 0 Å². The second-order valence-electron chi connectivity index (χ2n) is 22.1. The zero-order valence-corrected chi connectivity index (χ0v) is 47.9. The number of phenolic OH excluding ortho intramolecular Hbond substituents is 12. The molecule has 12 heteroatoms. The van der Waals surface area contributed by atoms with E-state index in [9.17, 15) is 61.3 Å². The van der Waals surface area contributed by atoms with Crippen LogP contribution in [0.4, 0.5) is 0 Å². The van der Waals surface area contributed by atoms with Gasteiger partial charge in [-0.1, -0.05) is 219 Å². The number of fused-ring (bicyclic) bond motifs is 8. The fourth-order valence-electron chi connectivity index (χ4n) is 12.4. The quantitative estimate of drug-likeness (QED) is 0.0452. The first-order valence-corrected chi connectivity index (χ1v) is 28.7. The lowest BCUT2D eigenvalue weighted by molar-refractivity contribution is 0.353. The minimum atomic E-state index is -1.54. The molecule has 11 aromatic rings. The number of hydrogen-bond acceptors (Lipinski definition) is 12. The van der Waals surface area contributed by atoms with Crippen LogP contribution in [0, 0.1) is 0 Å². The Balaban J connectivity index is 1.22. The van der Waals surface area contributed by atoms with Crippen molar-refractivity contribution in [2.75, 3.05) is 0 Å². The lowest BCUT2D eigenvalue weighted by Gasteiger charge is -2.30. The van der Waals surface area contributed by atoms with Gasteiger partial charge in [0, 0.05) is 68.2 Å². The van der Waals surface area contributed by atoms with Crippen LogP contribution >= 0.6 is 0 Å². The van der Waals surface area contributed by atoms with Gasteiger partial charge in [0.05, 0.1) is 0 Å². The molecule has 1 aliphatic rings. The number of benzene rings is 11. The van der Waals surface area contributed by atoms with E-state index in [2.05, 4.69) is 6.58 Å². The Hall–Kier alpha value is -11.8. The Morgan fingerprint density at radius 1 is 0.281 bits per heavy atom. The molecule has 0 saturated heterocycles. The summed E-state index contributed by atoms with van der Waals surface area (Å²) >= 11 is 0. The molecule has 0 aromatic heterocycles. The zero-order chi connectivity index (χ0) is 62.4.